The van der Waals surface area contributed by atoms with E-state index in [2.05, 4.69) is 15.3 Å². The number of fused-ring (bicyclic) bond motifs is 1. The van der Waals surface area contributed by atoms with Crippen LogP contribution in [0.25, 0.3) is 0 Å². The molecule has 4 rings (SSSR count). The standard InChI is InChI=1S/C24H25N3O5S/c1-13-7-5-6-8-14(13)12-33-24-26-22-20(23(29)27-24)16(11-19(28)25-22)15-9-17(30-2)21(32-4)18(10-15)31-3/h5-10,16H,11-12H2,1-4H3,(H2,25,26,27,28,29). The summed E-state index contributed by atoms with van der Waals surface area (Å²) in [5.74, 6) is 1.56. The molecule has 1 atom stereocenters. The lowest BCUT2D eigenvalue weighted by atomic mass is 9.86. The van der Waals surface area contributed by atoms with Crippen LogP contribution in [0.1, 0.15) is 34.6 Å². The maximum absolute atomic E-state index is 13.1. The van der Waals surface area contributed by atoms with Gasteiger partial charge in [-0.2, -0.15) is 0 Å². The topological polar surface area (TPSA) is 103 Å². The van der Waals surface area contributed by atoms with Gasteiger partial charge in [0.2, 0.25) is 11.7 Å². The van der Waals surface area contributed by atoms with Crippen molar-refractivity contribution < 1.29 is 19.0 Å². The molecule has 0 saturated heterocycles. The zero-order valence-corrected chi connectivity index (χ0v) is 19.7. The highest BCUT2D eigenvalue weighted by molar-refractivity contribution is 7.98. The Labute approximate surface area is 195 Å². The molecule has 1 aliphatic rings. The molecule has 1 unspecified atom stereocenters. The molecule has 172 valence electrons. The minimum absolute atomic E-state index is 0.103. The van der Waals surface area contributed by atoms with Gasteiger partial charge in [-0.1, -0.05) is 36.0 Å². The number of aromatic nitrogens is 2. The van der Waals surface area contributed by atoms with Gasteiger partial charge in [-0.3, -0.25) is 9.59 Å². The van der Waals surface area contributed by atoms with E-state index in [1.54, 1.807) is 12.1 Å². The maximum atomic E-state index is 13.1. The molecule has 1 aliphatic heterocycles. The molecule has 0 aliphatic carbocycles. The molecule has 9 heteroatoms. The minimum atomic E-state index is -0.505. The van der Waals surface area contributed by atoms with Crippen LogP contribution in [0.4, 0.5) is 5.82 Å². The fraction of sp³-hybridized carbons (Fsp3) is 0.292. The van der Waals surface area contributed by atoms with Gasteiger partial charge in [0.25, 0.3) is 5.56 Å². The summed E-state index contributed by atoms with van der Waals surface area (Å²) in [4.78, 5) is 33.1. The first-order valence-electron chi connectivity index (χ1n) is 10.4. The monoisotopic (exact) mass is 467 g/mol. The zero-order chi connectivity index (χ0) is 23.5. The lowest BCUT2D eigenvalue weighted by molar-refractivity contribution is -0.116. The second-order valence-electron chi connectivity index (χ2n) is 7.61. The van der Waals surface area contributed by atoms with Crippen molar-refractivity contribution in [2.24, 2.45) is 0 Å². The van der Waals surface area contributed by atoms with E-state index < -0.39 is 5.92 Å². The number of amides is 1. The molecule has 8 nitrogen and oxygen atoms in total. The fourth-order valence-corrected chi connectivity index (χ4v) is 4.86. The third kappa shape index (κ3) is 4.54. The quantitative estimate of drug-likeness (QED) is 0.402. The van der Waals surface area contributed by atoms with Crippen LogP contribution in [0, 0.1) is 6.92 Å². The fourth-order valence-electron chi connectivity index (χ4n) is 3.92. The molecule has 0 spiro atoms. The number of benzene rings is 2. The summed E-state index contributed by atoms with van der Waals surface area (Å²) >= 11 is 1.42. The van der Waals surface area contributed by atoms with Crippen LogP contribution >= 0.6 is 11.8 Å². The third-order valence-electron chi connectivity index (χ3n) is 5.64. The van der Waals surface area contributed by atoms with Gasteiger partial charge < -0.3 is 24.5 Å². The Morgan fingerprint density at radius 1 is 1.06 bits per heavy atom. The van der Waals surface area contributed by atoms with Crippen LogP contribution in [0.2, 0.25) is 0 Å². The molecule has 1 aromatic heterocycles. The Balaban J connectivity index is 1.72. The summed E-state index contributed by atoms with van der Waals surface area (Å²) in [5, 5.41) is 3.21. The number of aromatic amines is 1. The molecule has 0 bridgehead atoms. The number of aryl methyl sites for hydroxylation is 1. The molecule has 2 heterocycles. The second kappa shape index (κ2) is 9.58. The summed E-state index contributed by atoms with van der Waals surface area (Å²) in [6.07, 6.45) is 0.103. The number of hydrogen-bond donors (Lipinski definition) is 2. The van der Waals surface area contributed by atoms with Crippen molar-refractivity contribution in [1.29, 1.82) is 0 Å². The van der Waals surface area contributed by atoms with E-state index in [1.807, 2.05) is 31.2 Å². The Kier molecular flexibility index (Phi) is 6.60. The van der Waals surface area contributed by atoms with Crippen LogP contribution in [-0.2, 0) is 10.5 Å². The van der Waals surface area contributed by atoms with E-state index in [-0.39, 0.29) is 23.7 Å². The number of carbonyl (C=O) groups excluding carboxylic acids is 1. The summed E-state index contributed by atoms with van der Waals surface area (Å²) in [5.41, 5.74) is 3.15. The van der Waals surface area contributed by atoms with Gasteiger partial charge in [0, 0.05) is 18.1 Å². The number of anilines is 1. The predicted octanol–water partition coefficient (Wildman–Crippen LogP) is 3.87. The molecule has 3 aromatic rings. The normalized spacial score (nSPS) is 14.9. The number of hydrogen-bond acceptors (Lipinski definition) is 7. The largest absolute Gasteiger partial charge is 0.493 e. The molecular formula is C24H25N3O5S. The number of nitrogens with zero attached hydrogens (tertiary/aromatic N) is 1. The van der Waals surface area contributed by atoms with Crippen molar-refractivity contribution in [3.05, 3.63) is 69.0 Å². The zero-order valence-electron chi connectivity index (χ0n) is 18.9. The van der Waals surface area contributed by atoms with Crippen LogP contribution < -0.4 is 25.1 Å². The Hall–Kier alpha value is -3.46. The lowest BCUT2D eigenvalue weighted by Gasteiger charge is -2.25. The van der Waals surface area contributed by atoms with Crippen LogP contribution in [0.5, 0.6) is 17.2 Å². The average molecular weight is 468 g/mol. The number of nitrogens with one attached hydrogen (secondary N) is 2. The SMILES string of the molecule is COc1cc(C2CC(=O)Nc3nc(SCc4ccccc4C)[nH]c(=O)c32)cc(OC)c1OC. The van der Waals surface area contributed by atoms with Crippen LogP contribution in [0.3, 0.4) is 0 Å². The molecule has 0 fully saturated rings. The summed E-state index contributed by atoms with van der Waals surface area (Å²) in [6.45, 7) is 2.04. The summed E-state index contributed by atoms with van der Waals surface area (Å²) in [6, 6.07) is 11.6. The van der Waals surface area contributed by atoms with Crippen molar-refractivity contribution in [1.82, 2.24) is 9.97 Å². The molecule has 2 aromatic carbocycles. The summed E-state index contributed by atoms with van der Waals surface area (Å²) in [7, 11) is 4.57. The van der Waals surface area contributed by atoms with Crippen molar-refractivity contribution in [3.8, 4) is 17.2 Å². The summed E-state index contributed by atoms with van der Waals surface area (Å²) < 4.78 is 16.3. The minimum Gasteiger partial charge on any atom is -0.493 e. The van der Waals surface area contributed by atoms with Crippen molar-refractivity contribution in [3.63, 3.8) is 0 Å². The van der Waals surface area contributed by atoms with Gasteiger partial charge >= 0.3 is 0 Å². The van der Waals surface area contributed by atoms with E-state index in [0.717, 1.165) is 5.56 Å². The molecule has 1 amide bonds. The first-order valence-corrected chi connectivity index (χ1v) is 11.3. The van der Waals surface area contributed by atoms with Gasteiger partial charge in [0.15, 0.2) is 16.7 Å². The highest BCUT2D eigenvalue weighted by atomic mass is 32.2. The van der Waals surface area contributed by atoms with E-state index in [9.17, 15) is 9.59 Å². The number of rotatable bonds is 7. The van der Waals surface area contributed by atoms with Crippen LogP contribution in [-0.4, -0.2) is 37.2 Å². The van der Waals surface area contributed by atoms with Crippen LogP contribution in [0.15, 0.2) is 46.3 Å². The Bertz CT molecular complexity index is 1230. The van der Waals surface area contributed by atoms with E-state index >= 15 is 0 Å². The van der Waals surface area contributed by atoms with Crippen molar-refractivity contribution in [2.45, 2.75) is 30.2 Å². The second-order valence-corrected chi connectivity index (χ2v) is 8.58. The highest BCUT2D eigenvalue weighted by Gasteiger charge is 2.32. The van der Waals surface area contributed by atoms with E-state index in [4.69, 9.17) is 14.2 Å². The van der Waals surface area contributed by atoms with Crippen molar-refractivity contribution >= 4 is 23.5 Å². The van der Waals surface area contributed by atoms with E-state index in [1.165, 1.54) is 38.7 Å². The first-order chi connectivity index (χ1) is 15.9. The van der Waals surface area contributed by atoms with Gasteiger partial charge in [0.1, 0.15) is 5.82 Å². The molecule has 2 N–H and O–H groups in total. The number of ether oxygens (including phenoxy) is 3. The number of carbonyl (C=O) groups is 1. The third-order valence-corrected chi connectivity index (χ3v) is 6.57. The number of H-pyrrole nitrogens is 1. The van der Waals surface area contributed by atoms with Crippen molar-refractivity contribution in [2.75, 3.05) is 26.6 Å². The Morgan fingerprint density at radius 2 is 1.76 bits per heavy atom. The predicted molar refractivity (Wildman–Crippen MR) is 127 cm³/mol. The average Bonchev–Trinajstić information content (AvgIpc) is 2.81. The maximum Gasteiger partial charge on any atom is 0.257 e. The highest BCUT2D eigenvalue weighted by Crippen LogP contribution is 2.43. The first kappa shape index (κ1) is 22.7. The van der Waals surface area contributed by atoms with Gasteiger partial charge in [-0.15, -0.1) is 0 Å². The molecule has 33 heavy (non-hydrogen) atoms. The molecule has 0 saturated carbocycles. The van der Waals surface area contributed by atoms with Gasteiger partial charge in [0.05, 0.1) is 26.9 Å². The van der Waals surface area contributed by atoms with Gasteiger partial charge in [-0.05, 0) is 35.7 Å². The molecular weight excluding hydrogens is 442 g/mol. The molecule has 0 radical (unpaired) electrons. The number of thioether (sulfide) groups is 1. The smallest absolute Gasteiger partial charge is 0.257 e. The van der Waals surface area contributed by atoms with E-state index in [0.29, 0.717) is 39.3 Å². The lowest BCUT2D eigenvalue weighted by Crippen LogP contribution is -2.31. The Morgan fingerprint density at radius 3 is 2.39 bits per heavy atom. The number of methoxy groups -OCH3 is 3. The van der Waals surface area contributed by atoms with Gasteiger partial charge in [-0.25, -0.2) is 4.98 Å².